The van der Waals surface area contributed by atoms with E-state index in [-0.39, 0.29) is 11.9 Å². The van der Waals surface area contributed by atoms with Gasteiger partial charge in [-0.15, -0.1) is 0 Å². The lowest BCUT2D eigenvalue weighted by Crippen LogP contribution is -2.26. The van der Waals surface area contributed by atoms with E-state index in [9.17, 15) is 4.79 Å². The van der Waals surface area contributed by atoms with Gasteiger partial charge in [-0.25, -0.2) is 0 Å². The molecule has 0 saturated heterocycles. The Morgan fingerprint density at radius 1 is 1.35 bits per heavy atom. The second-order valence-corrected chi connectivity index (χ2v) is 4.43. The van der Waals surface area contributed by atoms with E-state index in [0.29, 0.717) is 6.54 Å². The normalized spacial score (nSPS) is 12.2. The number of carbonyl (C=O) groups is 1. The summed E-state index contributed by atoms with van der Waals surface area (Å²) in [7, 11) is 0. The van der Waals surface area contributed by atoms with Crippen LogP contribution in [-0.4, -0.2) is 18.5 Å². The fourth-order valence-corrected chi connectivity index (χ4v) is 1.62. The number of hydrogen-bond acceptors (Lipinski definition) is 2. The Labute approximate surface area is 103 Å². The third kappa shape index (κ3) is 5.00. The quantitative estimate of drug-likeness (QED) is 0.741. The number of aryl methyl sites for hydroxylation is 1. The van der Waals surface area contributed by atoms with E-state index in [2.05, 4.69) is 12.2 Å². The van der Waals surface area contributed by atoms with Gasteiger partial charge in [0.05, 0.1) is 0 Å². The summed E-state index contributed by atoms with van der Waals surface area (Å²) in [5.74, 6) is -0.00247. The molecule has 94 valence electrons. The third-order valence-electron chi connectivity index (χ3n) is 2.75. The minimum absolute atomic E-state index is 0.00247. The summed E-state index contributed by atoms with van der Waals surface area (Å²) < 4.78 is 0. The Morgan fingerprint density at radius 2 is 2.00 bits per heavy atom. The van der Waals surface area contributed by atoms with Crippen molar-refractivity contribution in [2.75, 3.05) is 6.54 Å². The maximum absolute atomic E-state index is 11.7. The highest BCUT2D eigenvalue weighted by atomic mass is 16.1. The lowest BCUT2D eigenvalue weighted by Gasteiger charge is -2.07. The van der Waals surface area contributed by atoms with Gasteiger partial charge in [0, 0.05) is 18.2 Å². The minimum Gasteiger partial charge on any atom is -0.352 e. The molecule has 1 aromatic carbocycles. The van der Waals surface area contributed by atoms with Crippen LogP contribution in [0, 0.1) is 0 Å². The average molecular weight is 234 g/mol. The van der Waals surface area contributed by atoms with Crippen LogP contribution in [0.3, 0.4) is 0 Å². The van der Waals surface area contributed by atoms with Gasteiger partial charge >= 0.3 is 0 Å². The summed E-state index contributed by atoms with van der Waals surface area (Å²) in [6.07, 6.45) is 2.86. The molecule has 1 amide bonds. The van der Waals surface area contributed by atoms with Gasteiger partial charge in [-0.05, 0) is 43.9 Å². The van der Waals surface area contributed by atoms with Crippen molar-refractivity contribution in [2.45, 2.75) is 39.2 Å². The van der Waals surface area contributed by atoms with E-state index in [1.54, 1.807) is 0 Å². The number of benzene rings is 1. The highest BCUT2D eigenvalue weighted by molar-refractivity contribution is 5.94. The van der Waals surface area contributed by atoms with Crippen molar-refractivity contribution >= 4 is 5.91 Å². The topological polar surface area (TPSA) is 55.1 Å². The van der Waals surface area contributed by atoms with Crippen LogP contribution < -0.4 is 11.1 Å². The molecule has 1 rings (SSSR count). The van der Waals surface area contributed by atoms with Gasteiger partial charge < -0.3 is 11.1 Å². The van der Waals surface area contributed by atoms with Crippen molar-refractivity contribution in [3.63, 3.8) is 0 Å². The van der Waals surface area contributed by atoms with Gasteiger partial charge in [0.15, 0.2) is 0 Å². The average Bonchev–Trinajstić information content (AvgIpc) is 2.34. The van der Waals surface area contributed by atoms with Gasteiger partial charge in [0.1, 0.15) is 0 Å². The summed E-state index contributed by atoms with van der Waals surface area (Å²) in [5.41, 5.74) is 7.61. The van der Waals surface area contributed by atoms with Crippen LogP contribution in [0.25, 0.3) is 0 Å². The van der Waals surface area contributed by atoms with Crippen molar-refractivity contribution < 1.29 is 4.79 Å². The fourth-order valence-electron chi connectivity index (χ4n) is 1.62. The predicted molar refractivity (Wildman–Crippen MR) is 71.0 cm³/mol. The number of hydrogen-bond donors (Lipinski definition) is 2. The number of nitrogens with one attached hydrogen (secondary N) is 1. The Balaban J connectivity index is 2.36. The number of carbonyl (C=O) groups excluding carboxylic acids is 1. The molecule has 0 aliphatic heterocycles. The molecule has 0 fully saturated rings. The van der Waals surface area contributed by atoms with Crippen LogP contribution in [0.4, 0.5) is 0 Å². The van der Waals surface area contributed by atoms with Gasteiger partial charge in [0.2, 0.25) is 0 Å². The molecule has 3 nitrogen and oxygen atoms in total. The second kappa shape index (κ2) is 7.07. The van der Waals surface area contributed by atoms with E-state index < -0.39 is 0 Å². The molecule has 17 heavy (non-hydrogen) atoms. The Bertz CT molecular complexity index is 344. The third-order valence-corrected chi connectivity index (χ3v) is 2.75. The number of nitrogens with two attached hydrogens (primary N) is 1. The number of amides is 1. The molecule has 0 aromatic heterocycles. The van der Waals surface area contributed by atoms with E-state index in [1.165, 1.54) is 5.56 Å². The van der Waals surface area contributed by atoms with Crippen molar-refractivity contribution in [1.82, 2.24) is 5.32 Å². The molecule has 0 radical (unpaired) electrons. The van der Waals surface area contributed by atoms with Crippen molar-refractivity contribution in [3.05, 3.63) is 35.4 Å². The summed E-state index contributed by atoms with van der Waals surface area (Å²) in [5, 5.41) is 2.90. The van der Waals surface area contributed by atoms with Crippen LogP contribution in [0.15, 0.2) is 24.3 Å². The maximum atomic E-state index is 11.7. The molecule has 1 aromatic rings. The van der Waals surface area contributed by atoms with Gasteiger partial charge in [-0.3, -0.25) is 4.79 Å². The van der Waals surface area contributed by atoms with E-state index in [0.717, 1.165) is 24.8 Å². The highest BCUT2D eigenvalue weighted by Crippen LogP contribution is 2.05. The summed E-state index contributed by atoms with van der Waals surface area (Å²) in [4.78, 5) is 11.7. The molecule has 3 heteroatoms. The zero-order valence-corrected chi connectivity index (χ0v) is 10.7. The summed E-state index contributed by atoms with van der Waals surface area (Å²) in [6.45, 7) is 4.77. The van der Waals surface area contributed by atoms with Crippen LogP contribution >= 0.6 is 0 Å². The van der Waals surface area contributed by atoms with E-state index in [1.807, 2.05) is 31.2 Å². The van der Waals surface area contributed by atoms with Gasteiger partial charge in [0.25, 0.3) is 5.91 Å². The fraction of sp³-hybridized carbons (Fsp3) is 0.500. The first-order valence-electron chi connectivity index (χ1n) is 6.26. The molecule has 0 heterocycles. The molecule has 0 saturated carbocycles. The molecule has 1 atom stereocenters. The highest BCUT2D eigenvalue weighted by Gasteiger charge is 2.04. The SMILES string of the molecule is CCc1ccc(C(=O)NCCCC(C)N)cc1. The Morgan fingerprint density at radius 3 is 2.53 bits per heavy atom. The van der Waals surface area contributed by atoms with E-state index >= 15 is 0 Å². The largest absolute Gasteiger partial charge is 0.352 e. The van der Waals surface area contributed by atoms with Crippen LogP contribution in [0.5, 0.6) is 0 Å². The summed E-state index contributed by atoms with van der Waals surface area (Å²) in [6, 6.07) is 7.95. The smallest absolute Gasteiger partial charge is 0.251 e. The molecular formula is C14H22N2O. The van der Waals surface area contributed by atoms with Crippen molar-refractivity contribution in [3.8, 4) is 0 Å². The van der Waals surface area contributed by atoms with Crippen LogP contribution in [0.2, 0.25) is 0 Å². The first-order valence-corrected chi connectivity index (χ1v) is 6.26. The molecule has 0 spiro atoms. The summed E-state index contributed by atoms with van der Waals surface area (Å²) >= 11 is 0. The molecule has 0 aliphatic rings. The predicted octanol–water partition coefficient (Wildman–Crippen LogP) is 2.11. The monoisotopic (exact) mass is 234 g/mol. The lowest BCUT2D eigenvalue weighted by molar-refractivity contribution is 0.0953. The van der Waals surface area contributed by atoms with Crippen LogP contribution in [0.1, 0.15) is 42.6 Å². The molecule has 3 N–H and O–H groups in total. The van der Waals surface area contributed by atoms with E-state index in [4.69, 9.17) is 5.73 Å². The van der Waals surface area contributed by atoms with Crippen molar-refractivity contribution in [1.29, 1.82) is 0 Å². The molecule has 0 aliphatic carbocycles. The van der Waals surface area contributed by atoms with Gasteiger partial charge in [-0.2, -0.15) is 0 Å². The molecule has 0 bridgehead atoms. The minimum atomic E-state index is -0.00247. The zero-order valence-electron chi connectivity index (χ0n) is 10.7. The van der Waals surface area contributed by atoms with Crippen LogP contribution in [-0.2, 0) is 6.42 Å². The first-order chi connectivity index (χ1) is 8.13. The Kier molecular flexibility index (Phi) is 5.70. The lowest BCUT2D eigenvalue weighted by atomic mass is 10.1. The zero-order chi connectivity index (χ0) is 12.7. The second-order valence-electron chi connectivity index (χ2n) is 4.43. The van der Waals surface area contributed by atoms with Crippen molar-refractivity contribution in [2.24, 2.45) is 5.73 Å². The standard InChI is InChI=1S/C14H22N2O/c1-3-12-6-8-13(9-7-12)14(17)16-10-4-5-11(2)15/h6-9,11H,3-5,10,15H2,1-2H3,(H,16,17). The maximum Gasteiger partial charge on any atom is 0.251 e. The molecule has 1 unspecified atom stereocenters. The Hall–Kier alpha value is -1.35. The van der Waals surface area contributed by atoms with Gasteiger partial charge in [-0.1, -0.05) is 19.1 Å². The number of rotatable bonds is 6. The molecular weight excluding hydrogens is 212 g/mol. The first kappa shape index (κ1) is 13.7.